The zero-order valence-electron chi connectivity index (χ0n) is 28.3. The first-order chi connectivity index (χ1) is 23.8. The number of halogens is 3. The van der Waals surface area contributed by atoms with Crippen molar-refractivity contribution in [1.29, 1.82) is 0 Å². The quantitative estimate of drug-likeness (QED) is 0.0895. The molecule has 50 heavy (non-hydrogen) atoms. The van der Waals surface area contributed by atoms with Crippen LogP contribution in [0.5, 0.6) is 5.75 Å². The molecule has 272 valence electrons. The van der Waals surface area contributed by atoms with Crippen LogP contribution in [-0.4, -0.2) is 111 Å². The van der Waals surface area contributed by atoms with Crippen molar-refractivity contribution < 1.29 is 47.2 Å². The molecule has 1 N–H and O–H groups in total. The monoisotopic (exact) mass is 783 g/mol. The number of ether oxygens (including phenoxy) is 6. The lowest BCUT2D eigenvalue weighted by molar-refractivity contribution is -0.148. The maximum absolute atomic E-state index is 15.4. The van der Waals surface area contributed by atoms with Crippen molar-refractivity contribution in [3.63, 3.8) is 0 Å². The van der Waals surface area contributed by atoms with Crippen LogP contribution in [0.15, 0.2) is 34.8 Å². The molecule has 0 bridgehead atoms. The Morgan fingerprint density at radius 1 is 0.940 bits per heavy atom. The Bertz CT molecular complexity index is 1640. The van der Waals surface area contributed by atoms with Crippen molar-refractivity contribution in [2.24, 2.45) is 0 Å². The van der Waals surface area contributed by atoms with Crippen molar-refractivity contribution in [1.82, 2.24) is 14.9 Å². The van der Waals surface area contributed by atoms with Gasteiger partial charge >= 0.3 is 18.0 Å². The highest BCUT2D eigenvalue weighted by atomic mass is 79.9. The largest absolute Gasteiger partial charge is 0.464 e. The molecule has 0 saturated carbocycles. The molecule has 1 amide bonds. The van der Waals surface area contributed by atoms with Gasteiger partial charge in [-0.3, -0.25) is 0 Å². The molecule has 0 spiro atoms. The molecule has 1 fully saturated rings. The van der Waals surface area contributed by atoms with Gasteiger partial charge in [-0.2, -0.15) is 4.98 Å². The lowest BCUT2D eigenvalue weighted by atomic mass is 10.2. The van der Waals surface area contributed by atoms with E-state index in [0.29, 0.717) is 49.7 Å². The summed E-state index contributed by atoms with van der Waals surface area (Å²) in [6.45, 7) is 9.49. The van der Waals surface area contributed by atoms with Crippen molar-refractivity contribution in [3.05, 3.63) is 45.6 Å². The fourth-order valence-corrected chi connectivity index (χ4v) is 5.12. The number of aromatic nitrogens is 2. The van der Waals surface area contributed by atoms with Gasteiger partial charge in [-0.25, -0.2) is 23.8 Å². The van der Waals surface area contributed by atoms with Gasteiger partial charge in [0.15, 0.2) is 5.82 Å². The zero-order chi connectivity index (χ0) is 36.3. The minimum Gasteiger partial charge on any atom is -0.464 e. The van der Waals surface area contributed by atoms with Crippen molar-refractivity contribution in [3.8, 4) is 5.75 Å². The molecule has 14 nitrogen and oxygen atoms in total. The zero-order valence-corrected chi connectivity index (χ0v) is 30.6. The number of rotatable bonds is 15. The van der Waals surface area contributed by atoms with Crippen LogP contribution in [0.3, 0.4) is 0 Å². The Hall–Kier alpha value is -3.83. The van der Waals surface area contributed by atoms with Crippen LogP contribution in [-0.2, 0) is 33.3 Å². The number of nitrogens with one attached hydrogen (secondary N) is 1. The SMILES string of the molecule is CCOC(=O)COCCOCCOCC(=O)Oc1ccc(Nc2nc(N3CCN(C(=O)OC(C)(C)C)CC3)c3cc(Cl)c(Br)c(F)c3n2)cc1. The normalized spacial score (nSPS) is 13.3. The number of fused-ring (bicyclic) bond motifs is 1. The van der Waals surface area contributed by atoms with E-state index in [-0.39, 0.29) is 66.4 Å². The average molecular weight is 785 g/mol. The van der Waals surface area contributed by atoms with Gasteiger partial charge < -0.3 is 43.5 Å². The minimum atomic E-state index is -0.636. The summed E-state index contributed by atoms with van der Waals surface area (Å²) in [6.07, 6.45) is -0.399. The highest BCUT2D eigenvalue weighted by molar-refractivity contribution is 9.10. The second-order valence-electron chi connectivity index (χ2n) is 11.9. The van der Waals surface area contributed by atoms with E-state index in [9.17, 15) is 14.4 Å². The van der Waals surface area contributed by atoms with Crippen LogP contribution in [0.1, 0.15) is 27.7 Å². The lowest BCUT2D eigenvalue weighted by Crippen LogP contribution is -2.50. The number of anilines is 3. The maximum Gasteiger partial charge on any atom is 0.410 e. The Balaban J connectivity index is 1.32. The third kappa shape index (κ3) is 11.6. The summed E-state index contributed by atoms with van der Waals surface area (Å²) in [7, 11) is 0. The first-order valence-corrected chi connectivity index (χ1v) is 17.1. The van der Waals surface area contributed by atoms with Crippen LogP contribution in [0, 0.1) is 5.82 Å². The molecule has 0 aliphatic carbocycles. The number of carbonyl (C=O) groups excluding carboxylic acids is 3. The van der Waals surface area contributed by atoms with Gasteiger partial charge in [-0.05, 0) is 74.0 Å². The van der Waals surface area contributed by atoms with Crippen LogP contribution in [0.25, 0.3) is 10.9 Å². The third-order valence-corrected chi connectivity index (χ3v) is 8.17. The number of piperazine rings is 1. The number of hydrogen-bond donors (Lipinski definition) is 1. The summed E-state index contributed by atoms with van der Waals surface area (Å²) in [6, 6.07) is 8.07. The summed E-state index contributed by atoms with van der Waals surface area (Å²) < 4.78 is 46.8. The minimum absolute atomic E-state index is 0.0571. The smallest absolute Gasteiger partial charge is 0.410 e. The van der Waals surface area contributed by atoms with Gasteiger partial charge in [-0.1, -0.05) is 11.6 Å². The van der Waals surface area contributed by atoms with Crippen LogP contribution in [0.4, 0.5) is 26.6 Å². The number of benzene rings is 2. The van der Waals surface area contributed by atoms with E-state index >= 15 is 4.39 Å². The van der Waals surface area contributed by atoms with E-state index < -0.39 is 29.5 Å². The fourth-order valence-electron chi connectivity index (χ4n) is 4.63. The Kier molecular flexibility index (Phi) is 14.4. The molecule has 2 aromatic carbocycles. The molecular weight excluding hydrogens is 745 g/mol. The second kappa shape index (κ2) is 18.4. The molecule has 1 aromatic heterocycles. The molecular formula is C33H40BrClFN5O9. The van der Waals surface area contributed by atoms with Gasteiger partial charge in [0.05, 0.1) is 42.5 Å². The molecule has 0 radical (unpaired) electrons. The van der Waals surface area contributed by atoms with Gasteiger partial charge in [0.25, 0.3) is 0 Å². The molecule has 1 saturated heterocycles. The molecule has 3 aromatic rings. The maximum atomic E-state index is 15.4. The van der Waals surface area contributed by atoms with Crippen LogP contribution >= 0.6 is 27.5 Å². The first kappa shape index (κ1) is 39.0. The lowest BCUT2D eigenvalue weighted by Gasteiger charge is -2.36. The average Bonchev–Trinajstić information content (AvgIpc) is 3.07. The van der Waals surface area contributed by atoms with Crippen LogP contribution in [0.2, 0.25) is 5.02 Å². The standard InChI is InChI=1S/C33H40BrClFN5O9/c1-5-48-25(42)19-46-16-14-45-15-17-47-20-26(43)49-22-8-6-21(7-9-22)37-31-38-29-23(18-24(35)27(34)28(29)36)30(39-31)40-10-12-41(13-11-40)32(44)50-33(2,3)4/h6-9,18H,5,10-17,19-20H2,1-4H3,(H,37,38,39). The molecule has 2 heterocycles. The second-order valence-corrected chi connectivity index (χ2v) is 13.1. The number of esters is 2. The molecule has 0 unspecified atom stereocenters. The molecule has 17 heteroatoms. The highest BCUT2D eigenvalue weighted by Crippen LogP contribution is 2.36. The third-order valence-electron chi connectivity index (χ3n) is 6.87. The molecule has 1 aliphatic heterocycles. The fraction of sp³-hybridized carbons (Fsp3) is 0.485. The van der Waals surface area contributed by atoms with Gasteiger partial charge in [0, 0.05) is 37.3 Å². The number of amides is 1. The molecule has 1 aliphatic rings. The summed E-state index contributed by atoms with van der Waals surface area (Å²) >= 11 is 9.51. The van der Waals surface area contributed by atoms with Crippen molar-refractivity contribution >= 4 is 73.9 Å². The van der Waals surface area contributed by atoms with E-state index in [4.69, 9.17) is 45.0 Å². The number of nitrogens with zero attached hydrogens (tertiary/aromatic N) is 4. The Morgan fingerprint density at radius 2 is 1.56 bits per heavy atom. The predicted octanol–water partition coefficient (Wildman–Crippen LogP) is 5.50. The Morgan fingerprint density at radius 3 is 2.18 bits per heavy atom. The summed E-state index contributed by atoms with van der Waals surface area (Å²) in [5.74, 6) is -0.810. The summed E-state index contributed by atoms with van der Waals surface area (Å²) in [5.41, 5.74) is -0.00422. The molecule has 4 rings (SSSR count). The summed E-state index contributed by atoms with van der Waals surface area (Å²) in [4.78, 5) is 48.7. The number of hydrogen-bond acceptors (Lipinski definition) is 13. The van der Waals surface area contributed by atoms with Gasteiger partial charge in [-0.15, -0.1) is 0 Å². The predicted molar refractivity (Wildman–Crippen MR) is 187 cm³/mol. The summed E-state index contributed by atoms with van der Waals surface area (Å²) in [5, 5.41) is 3.68. The van der Waals surface area contributed by atoms with E-state index in [0.717, 1.165) is 0 Å². The van der Waals surface area contributed by atoms with E-state index in [1.807, 2.05) is 25.7 Å². The topological polar surface area (TPSA) is 151 Å². The van der Waals surface area contributed by atoms with Crippen LogP contribution < -0.4 is 15.0 Å². The van der Waals surface area contributed by atoms with E-state index in [1.165, 1.54) is 0 Å². The molecule has 0 atom stereocenters. The van der Waals surface area contributed by atoms with Gasteiger partial charge in [0.2, 0.25) is 5.95 Å². The first-order valence-electron chi connectivity index (χ1n) is 15.9. The highest BCUT2D eigenvalue weighted by Gasteiger charge is 2.28. The van der Waals surface area contributed by atoms with Crippen molar-refractivity contribution in [2.75, 3.05) is 82.6 Å². The van der Waals surface area contributed by atoms with Crippen molar-refractivity contribution in [2.45, 2.75) is 33.3 Å². The van der Waals surface area contributed by atoms with E-state index in [1.54, 1.807) is 42.2 Å². The van der Waals surface area contributed by atoms with Gasteiger partial charge in [0.1, 0.15) is 35.9 Å². The number of carbonyl (C=O) groups is 3. The van der Waals surface area contributed by atoms with E-state index in [2.05, 4.69) is 26.2 Å². The Labute approximate surface area is 302 Å².